The molecule has 104 valence electrons. The van der Waals surface area contributed by atoms with E-state index in [-0.39, 0.29) is 21.8 Å². The second-order valence-electron chi connectivity index (χ2n) is 4.06. The van der Waals surface area contributed by atoms with Gasteiger partial charge in [-0.25, -0.2) is 8.78 Å². The number of nitriles is 1. The van der Waals surface area contributed by atoms with Crippen molar-refractivity contribution in [2.75, 3.05) is 0 Å². The molecule has 0 fully saturated rings. The number of nitrogens with zero attached hydrogens (tertiary/aromatic N) is 3. The van der Waals surface area contributed by atoms with Crippen molar-refractivity contribution in [1.29, 1.82) is 5.26 Å². The van der Waals surface area contributed by atoms with Gasteiger partial charge in [0.25, 0.3) is 5.89 Å². The highest BCUT2D eigenvalue weighted by Crippen LogP contribution is 2.31. The number of hydrogen-bond donors (Lipinski definition) is 1. The van der Waals surface area contributed by atoms with Crippen LogP contribution in [0, 0.1) is 23.0 Å². The fourth-order valence-electron chi connectivity index (χ4n) is 1.73. The molecule has 1 aromatic carbocycles. The van der Waals surface area contributed by atoms with Gasteiger partial charge in [0.2, 0.25) is 5.82 Å². The van der Waals surface area contributed by atoms with Gasteiger partial charge < -0.3 is 9.51 Å². The van der Waals surface area contributed by atoms with Crippen molar-refractivity contribution in [3.05, 3.63) is 46.2 Å². The van der Waals surface area contributed by atoms with Crippen LogP contribution in [0.25, 0.3) is 22.8 Å². The SMILES string of the molecule is N#Cc1cc(-c2nc(-c3ccc(F)c(F)c3Br)no2)c[nH]1. The van der Waals surface area contributed by atoms with E-state index >= 15 is 0 Å². The third kappa shape index (κ3) is 2.32. The first-order valence-corrected chi connectivity index (χ1v) is 6.46. The largest absolute Gasteiger partial charge is 0.352 e. The van der Waals surface area contributed by atoms with E-state index in [1.54, 1.807) is 0 Å². The summed E-state index contributed by atoms with van der Waals surface area (Å²) in [5.41, 5.74) is 1.14. The summed E-state index contributed by atoms with van der Waals surface area (Å²) in [7, 11) is 0. The number of aromatic nitrogens is 3. The third-order valence-corrected chi connectivity index (χ3v) is 3.53. The van der Waals surface area contributed by atoms with Crippen LogP contribution in [-0.2, 0) is 0 Å². The van der Waals surface area contributed by atoms with E-state index in [0.29, 0.717) is 11.3 Å². The van der Waals surface area contributed by atoms with Crippen molar-refractivity contribution >= 4 is 15.9 Å². The Morgan fingerprint density at radius 3 is 2.86 bits per heavy atom. The standard InChI is InChI=1S/C13H5BrF2N4O/c14-10-8(1-2-9(15)11(10)16)12-19-13(21-20-12)6-3-7(4-17)18-5-6/h1-3,5,18H. The summed E-state index contributed by atoms with van der Waals surface area (Å²) in [6, 6.07) is 5.80. The predicted octanol–water partition coefficient (Wildman–Crippen LogP) is 3.64. The molecule has 5 nitrogen and oxygen atoms in total. The minimum Gasteiger partial charge on any atom is -0.352 e. The Hall–Kier alpha value is -2.53. The molecule has 0 amide bonds. The molecule has 0 atom stereocenters. The zero-order valence-corrected chi connectivity index (χ0v) is 11.8. The minimum atomic E-state index is -1.02. The maximum absolute atomic E-state index is 13.5. The molecule has 0 bridgehead atoms. The molecule has 3 aromatic rings. The van der Waals surface area contributed by atoms with Crippen LogP contribution < -0.4 is 0 Å². The number of halogens is 3. The lowest BCUT2D eigenvalue weighted by molar-refractivity contribution is 0.432. The normalized spacial score (nSPS) is 10.6. The summed E-state index contributed by atoms with van der Waals surface area (Å²) in [6.45, 7) is 0. The van der Waals surface area contributed by atoms with Crippen LogP contribution in [0.5, 0.6) is 0 Å². The van der Waals surface area contributed by atoms with Gasteiger partial charge in [-0.15, -0.1) is 0 Å². The van der Waals surface area contributed by atoms with Crippen molar-refractivity contribution in [3.8, 4) is 28.9 Å². The van der Waals surface area contributed by atoms with Crippen LogP contribution in [0.15, 0.2) is 33.4 Å². The van der Waals surface area contributed by atoms with Gasteiger partial charge in [-0.3, -0.25) is 0 Å². The summed E-state index contributed by atoms with van der Waals surface area (Å²) >= 11 is 2.96. The average molecular weight is 351 g/mol. The summed E-state index contributed by atoms with van der Waals surface area (Å²) in [4.78, 5) is 6.83. The third-order valence-electron chi connectivity index (χ3n) is 2.75. The van der Waals surface area contributed by atoms with Crippen LogP contribution in [0.1, 0.15) is 5.69 Å². The number of hydrogen-bond acceptors (Lipinski definition) is 4. The minimum absolute atomic E-state index is 0.0818. The van der Waals surface area contributed by atoms with E-state index in [1.165, 1.54) is 18.3 Å². The lowest BCUT2D eigenvalue weighted by Gasteiger charge is -2.00. The molecule has 0 aliphatic heterocycles. The Labute approximate surface area is 125 Å². The molecule has 3 rings (SSSR count). The highest BCUT2D eigenvalue weighted by molar-refractivity contribution is 9.10. The van der Waals surface area contributed by atoms with Gasteiger partial charge in [0.1, 0.15) is 11.8 Å². The summed E-state index contributed by atoms with van der Waals surface area (Å²) in [6.07, 6.45) is 1.54. The van der Waals surface area contributed by atoms with E-state index in [2.05, 4.69) is 31.1 Å². The topological polar surface area (TPSA) is 78.5 Å². The molecular formula is C13H5BrF2N4O. The molecule has 0 saturated carbocycles. The maximum Gasteiger partial charge on any atom is 0.259 e. The van der Waals surface area contributed by atoms with Gasteiger partial charge in [-0.2, -0.15) is 10.2 Å². The number of aromatic amines is 1. The molecule has 0 saturated heterocycles. The zero-order chi connectivity index (χ0) is 15.0. The van der Waals surface area contributed by atoms with Crippen molar-refractivity contribution in [1.82, 2.24) is 15.1 Å². The molecule has 1 N–H and O–H groups in total. The van der Waals surface area contributed by atoms with Gasteiger partial charge in [-0.1, -0.05) is 5.16 Å². The maximum atomic E-state index is 13.5. The van der Waals surface area contributed by atoms with Crippen LogP contribution in [0.4, 0.5) is 8.78 Å². The number of rotatable bonds is 2. The van der Waals surface area contributed by atoms with Crippen molar-refractivity contribution in [2.24, 2.45) is 0 Å². The Morgan fingerprint density at radius 2 is 2.14 bits per heavy atom. The monoisotopic (exact) mass is 350 g/mol. The fourth-order valence-corrected chi connectivity index (χ4v) is 2.23. The smallest absolute Gasteiger partial charge is 0.259 e. The van der Waals surface area contributed by atoms with Gasteiger partial charge in [0.15, 0.2) is 11.6 Å². The molecule has 0 aliphatic rings. The summed E-state index contributed by atoms with van der Waals surface area (Å²) < 4.78 is 31.6. The Bertz CT molecular complexity index is 865. The molecule has 2 aromatic heterocycles. The quantitative estimate of drug-likeness (QED) is 0.715. The van der Waals surface area contributed by atoms with E-state index < -0.39 is 11.6 Å². The van der Waals surface area contributed by atoms with E-state index in [9.17, 15) is 8.78 Å². The Balaban J connectivity index is 2.03. The van der Waals surface area contributed by atoms with Crippen LogP contribution >= 0.6 is 15.9 Å². The van der Waals surface area contributed by atoms with Crippen LogP contribution in [0.3, 0.4) is 0 Å². The number of benzene rings is 1. The molecule has 0 unspecified atom stereocenters. The highest BCUT2D eigenvalue weighted by Gasteiger charge is 2.18. The lowest BCUT2D eigenvalue weighted by atomic mass is 10.2. The van der Waals surface area contributed by atoms with Crippen molar-refractivity contribution in [2.45, 2.75) is 0 Å². The molecule has 21 heavy (non-hydrogen) atoms. The number of nitrogens with one attached hydrogen (secondary N) is 1. The van der Waals surface area contributed by atoms with Crippen molar-refractivity contribution in [3.63, 3.8) is 0 Å². The molecule has 0 spiro atoms. The predicted molar refractivity (Wildman–Crippen MR) is 71.9 cm³/mol. The highest BCUT2D eigenvalue weighted by atomic mass is 79.9. The summed E-state index contributed by atoms with van der Waals surface area (Å²) in [5.74, 6) is -1.72. The van der Waals surface area contributed by atoms with E-state index in [4.69, 9.17) is 9.78 Å². The number of H-pyrrole nitrogens is 1. The summed E-state index contributed by atoms with van der Waals surface area (Å²) in [5, 5.41) is 12.5. The fraction of sp³-hybridized carbons (Fsp3) is 0. The first-order chi connectivity index (χ1) is 10.1. The van der Waals surface area contributed by atoms with Crippen LogP contribution in [-0.4, -0.2) is 15.1 Å². The Morgan fingerprint density at radius 1 is 1.33 bits per heavy atom. The van der Waals surface area contributed by atoms with E-state index in [0.717, 1.165) is 6.07 Å². The second-order valence-corrected chi connectivity index (χ2v) is 4.85. The van der Waals surface area contributed by atoms with Gasteiger partial charge in [0, 0.05) is 11.8 Å². The van der Waals surface area contributed by atoms with E-state index in [1.807, 2.05) is 6.07 Å². The first-order valence-electron chi connectivity index (χ1n) is 5.66. The van der Waals surface area contributed by atoms with Gasteiger partial charge in [0.05, 0.1) is 10.0 Å². The molecule has 0 radical (unpaired) electrons. The Kier molecular flexibility index (Phi) is 3.27. The molecular weight excluding hydrogens is 346 g/mol. The van der Waals surface area contributed by atoms with Crippen LogP contribution in [0.2, 0.25) is 0 Å². The molecule has 0 aliphatic carbocycles. The zero-order valence-electron chi connectivity index (χ0n) is 10.2. The van der Waals surface area contributed by atoms with Gasteiger partial charge in [-0.05, 0) is 34.1 Å². The molecule has 2 heterocycles. The molecule has 8 heteroatoms. The van der Waals surface area contributed by atoms with Crippen molar-refractivity contribution < 1.29 is 13.3 Å². The first kappa shape index (κ1) is 13.5. The average Bonchev–Trinajstić information content (AvgIpc) is 3.13. The lowest BCUT2D eigenvalue weighted by Crippen LogP contribution is -1.90. The second kappa shape index (κ2) is 5.10. The van der Waals surface area contributed by atoms with Gasteiger partial charge >= 0.3 is 0 Å².